The summed E-state index contributed by atoms with van der Waals surface area (Å²) in [7, 11) is 0. The molecule has 0 aliphatic heterocycles. The second-order valence-electron chi connectivity index (χ2n) is 3.77. The van der Waals surface area contributed by atoms with Crippen molar-refractivity contribution < 1.29 is 4.74 Å². The van der Waals surface area contributed by atoms with Gasteiger partial charge in [-0.3, -0.25) is 0 Å². The van der Waals surface area contributed by atoms with E-state index in [1.807, 2.05) is 24.3 Å². The Hall–Kier alpha value is -0.540. The van der Waals surface area contributed by atoms with Crippen LogP contribution in [-0.4, -0.2) is 19.2 Å². The smallest absolute Gasteiger partial charge is 0.133 e. The van der Waals surface area contributed by atoms with Gasteiger partial charge in [-0.25, -0.2) is 0 Å². The monoisotopic (exact) mass is 285 g/mol. The van der Waals surface area contributed by atoms with Crippen LogP contribution in [0, 0.1) is 0 Å². The Balaban J connectivity index is 2.56. The van der Waals surface area contributed by atoms with Gasteiger partial charge in [-0.15, -0.1) is 0 Å². The summed E-state index contributed by atoms with van der Waals surface area (Å²) in [6.45, 7) is 6.19. The van der Waals surface area contributed by atoms with E-state index in [4.69, 9.17) is 4.74 Å². The lowest BCUT2D eigenvalue weighted by Gasteiger charge is -2.19. The molecule has 0 aliphatic carbocycles. The van der Waals surface area contributed by atoms with Crippen LogP contribution >= 0.6 is 15.9 Å². The van der Waals surface area contributed by atoms with Crippen molar-refractivity contribution in [3.05, 3.63) is 28.7 Å². The van der Waals surface area contributed by atoms with Crippen LogP contribution in [-0.2, 0) is 0 Å². The van der Waals surface area contributed by atoms with Gasteiger partial charge in [0.25, 0.3) is 0 Å². The molecule has 1 rings (SSSR count). The summed E-state index contributed by atoms with van der Waals surface area (Å²) in [6, 6.07) is 8.00. The molecule has 90 valence electrons. The first-order valence-electron chi connectivity index (χ1n) is 5.89. The molecule has 0 saturated heterocycles. The Morgan fingerprint density at radius 3 is 2.69 bits per heavy atom. The number of ether oxygens (including phenoxy) is 1. The average molecular weight is 286 g/mol. The molecule has 1 atom stereocenters. The van der Waals surface area contributed by atoms with Crippen LogP contribution in [0.25, 0.3) is 0 Å². The number of benzene rings is 1. The van der Waals surface area contributed by atoms with Crippen molar-refractivity contribution in [1.29, 1.82) is 0 Å². The van der Waals surface area contributed by atoms with Gasteiger partial charge < -0.3 is 10.1 Å². The minimum absolute atomic E-state index is 0.253. The summed E-state index contributed by atoms with van der Waals surface area (Å²) in [5, 5.41) is 3.33. The van der Waals surface area contributed by atoms with Crippen LogP contribution in [0.1, 0.15) is 26.7 Å². The molecule has 2 nitrogen and oxygen atoms in total. The lowest BCUT2D eigenvalue weighted by Crippen LogP contribution is -2.31. The Bertz CT molecular complexity index is 304. The molecule has 0 spiro atoms. The van der Waals surface area contributed by atoms with Crippen molar-refractivity contribution in [2.45, 2.75) is 32.8 Å². The lowest BCUT2D eigenvalue weighted by atomic mass is 10.2. The van der Waals surface area contributed by atoms with Gasteiger partial charge in [0, 0.05) is 6.54 Å². The third-order valence-electron chi connectivity index (χ3n) is 2.36. The van der Waals surface area contributed by atoms with Gasteiger partial charge in [0.05, 0.1) is 4.47 Å². The van der Waals surface area contributed by atoms with Crippen molar-refractivity contribution in [2.75, 3.05) is 13.1 Å². The number of halogens is 1. The van der Waals surface area contributed by atoms with E-state index in [0.717, 1.165) is 36.2 Å². The van der Waals surface area contributed by atoms with Gasteiger partial charge in [-0.05, 0) is 41.0 Å². The van der Waals surface area contributed by atoms with E-state index >= 15 is 0 Å². The summed E-state index contributed by atoms with van der Waals surface area (Å²) in [5.41, 5.74) is 0. The largest absolute Gasteiger partial charge is 0.488 e. The molecule has 16 heavy (non-hydrogen) atoms. The first-order valence-corrected chi connectivity index (χ1v) is 6.69. The molecule has 0 saturated carbocycles. The second kappa shape index (κ2) is 7.69. The molecular formula is C13H20BrNO. The van der Waals surface area contributed by atoms with Gasteiger partial charge in [0.15, 0.2) is 0 Å². The third kappa shape index (κ3) is 4.54. The molecule has 0 fully saturated rings. The van der Waals surface area contributed by atoms with E-state index in [1.165, 1.54) is 0 Å². The molecule has 0 amide bonds. The first kappa shape index (κ1) is 13.5. The van der Waals surface area contributed by atoms with Crippen LogP contribution < -0.4 is 10.1 Å². The van der Waals surface area contributed by atoms with Gasteiger partial charge >= 0.3 is 0 Å². The SMILES string of the molecule is CCCC(CNCC)Oc1ccccc1Br. The number of rotatable bonds is 7. The highest BCUT2D eigenvalue weighted by molar-refractivity contribution is 9.10. The van der Waals surface area contributed by atoms with Gasteiger partial charge in [-0.2, -0.15) is 0 Å². The van der Waals surface area contributed by atoms with Crippen LogP contribution in [0.5, 0.6) is 5.75 Å². The van der Waals surface area contributed by atoms with Crippen LogP contribution in [0.4, 0.5) is 0 Å². The maximum absolute atomic E-state index is 5.98. The molecule has 1 aromatic rings. The first-order chi connectivity index (χ1) is 7.77. The molecule has 0 heterocycles. The summed E-state index contributed by atoms with van der Waals surface area (Å²) in [5.74, 6) is 0.929. The maximum atomic E-state index is 5.98. The van der Waals surface area contributed by atoms with E-state index < -0.39 is 0 Å². The predicted octanol–water partition coefficient (Wildman–Crippen LogP) is 3.61. The Labute approximate surface area is 107 Å². The zero-order chi connectivity index (χ0) is 11.8. The molecule has 1 unspecified atom stereocenters. The highest BCUT2D eigenvalue weighted by Gasteiger charge is 2.10. The number of hydrogen-bond donors (Lipinski definition) is 1. The van der Waals surface area contributed by atoms with Gasteiger partial charge in [0.1, 0.15) is 11.9 Å². The summed E-state index contributed by atoms with van der Waals surface area (Å²) in [6.07, 6.45) is 2.47. The number of para-hydroxylation sites is 1. The fourth-order valence-corrected chi connectivity index (χ4v) is 1.93. The number of hydrogen-bond acceptors (Lipinski definition) is 2. The van der Waals surface area contributed by atoms with Crippen molar-refractivity contribution in [1.82, 2.24) is 5.32 Å². The average Bonchev–Trinajstić information content (AvgIpc) is 2.29. The van der Waals surface area contributed by atoms with E-state index in [2.05, 4.69) is 35.1 Å². The van der Waals surface area contributed by atoms with Crippen molar-refractivity contribution in [2.24, 2.45) is 0 Å². The predicted molar refractivity (Wildman–Crippen MR) is 72.0 cm³/mol. The van der Waals surface area contributed by atoms with Crippen molar-refractivity contribution >= 4 is 15.9 Å². The third-order valence-corrected chi connectivity index (χ3v) is 3.02. The molecule has 0 aromatic heterocycles. The van der Waals surface area contributed by atoms with Crippen LogP contribution in [0.2, 0.25) is 0 Å². The standard InChI is InChI=1S/C13H20BrNO/c1-3-7-11(10-15-4-2)16-13-9-6-5-8-12(13)14/h5-6,8-9,11,15H,3-4,7,10H2,1-2H3. The van der Waals surface area contributed by atoms with Crippen LogP contribution in [0.15, 0.2) is 28.7 Å². The fraction of sp³-hybridized carbons (Fsp3) is 0.538. The lowest BCUT2D eigenvalue weighted by molar-refractivity contribution is 0.186. The van der Waals surface area contributed by atoms with Gasteiger partial charge in [-0.1, -0.05) is 32.4 Å². The zero-order valence-electron chi connectivity index (χ0n) is 10.0. The summed E-state index contributed by atoms with van der Waals surface area (Å²) in [4.78, 5) is 0. The van der Waals surface area contributed by atoms with E-state index in [-0.39, 0.29) is 6.10 Å². The zero-order valence-corrected chi connectivity index (χ0v) is 11.6. The Morgan fingerprint density at radius 2 is 2.06 bits per heavy atom. The number of likely N-dealkylation sites (N-methyl/N-ethyl adjacent to an activating group) is 1. The second-order valence-corrected chi connectivity index (χ2v) is 4.62. The topological polar surface area (TPSA) is 21.3 Å². The molecule has 1 N–H and O–H groups in total. The molecular weight excluding hydrogens is 266 g/mol. The van der Waals surface area contributed by atoms with E-state index in [0.29, 0.717) is 0 Å². The Kier molecular flexibility index (Phi) is 6.50. The van der Waals surface area contributed by atoms with E-state index in [9.17, 15) is 0 Å². The molecule has 0 bridgehead atoms. The summed E-state index contributed by atoms with van der Waals surface area (Å²) >= 11 is 3.50. The maximum Gasteiger partial charge on any atom is 0.133 e. The van der Waals surface area contributed by atoms with E-state index in [1.54, 1.807) is 0 Å². The minimum Gasteiger partial charge on any atom is -0.488 e. The number of nitrogens with one attached hydrogen (secondary N) is 1. The molecule has 0 aliphatic rings. The summed E-state index contributed by atoms with van der Waals surface area (Å²) < 4.78 is 7.00. The highest BCUT2D eigenvalue weighted by Crippen LogP contribution is 2.25. The normalized spacial score (nSPS) is 12.4. The minimum atomic E-state index is 0.253. The highest BCUT2D eigenvalue weighted by atomic mass is 79.9. The van der Waals surface area contributed by atoms with Crippen LogP contribution in [0.3, 0.4) is 0 Å². The molecule has 3 heteroatoms. The molecule has 1 aromatic carbocycles. The van der Waals surface area contributed by atoms with Crippen molar-refractivity contribution in [3.63, 3.8) is 0 Å². The molecule has 0 radical (unpaired) electrons. The fourth-order valence-electron chi connectivity index (χ4n) is 1.55. The quantitative estimate of drug-likeness (QED) is 0.826. The van der Waals surface area contributed by atoms with Gasteiger partial charge in [0.2, 0.25) is 0 Å². The Morgan fingerprint density at radius 1 is 1.31 bits per heavy atom. The van der Waals surface area contributed by atoms with Crippen molar-refractivity contribution in [3.8, 4) is 5.75 Å².